The van der Waals surface area contributed by atoms with Crippen LogP contribution in [-0.2, 0) is 114 Å². The van der Waals surface area contributed by atoms with Gasteiger partial charge in [0.2, 0.25) is 5.91 Å². The van der Waals surface area contributed by atoms with Gasteiger partial charge >= 0.3 is 12.1 Å². The number of sulfone groups is 3. The van der Waals surface area contributed by atoms with E-state index in [2.05, 4.69) is 25.9 Å². The molecule has 0 saturated carbocycles. The Morgan fingerprint density at radius 3 is 1.05 bits per heavy atom. The number of hydrogen-bond acceptors (Lipinski definition) is 18. The van der Waals surface area contributed by atoms with Crippen molar-refractivity contribution in [2.24, 2.45) is 21.1 Å². The van der Waals surface area contributed by atoms with Crippen molar-refractivity contribution in [3.8, 4) is 33.4 Å². The second-order valence-electron chi connectivity index (χ2n) is 32.8. The van der Waals surface area contributed by atoms with Crippen LogP contribution in [0.15, 0.2) is 67.4 Å². The van der Waals surface area contributed by atoms with Crippen molar-refractivity contribution in [1.82, 2.24) is 84.0 Å². The Hall–Kier alpha value is -10.2. The number of aromatic nitrogens is 12. The Kier molecular flexibility index (Phi) is 23.1. The van der Waals surface area contributed by atoms with Crippen LogP contribution in [-0.4, -0.2) is 204 Å². The number of amides is 5. The SMILES string of the molecule is CC(=O)N1CCc2c(c(N3CCCc4cc(-c5cnn(C)c5)c(C(F)F)cc43)nn2C2CCS(=O)(=O)CC2)C1.CNC(=O)N1CCc2c(c(N3CCCc4cc(-c5cnn(C)c5)c(C(F)F)cc43)nn2C2CCS(=O)(=O)CC2)C1.CNC(=O)N1CCc2c(c(N3CCCc4cc(-c5cnn(C)c5C)c(C(F)F)cc43)nn2C2CCS(=O)(=O)CC2)C1. The van der Waals surface area contributed by atoms with E-state index in [-0.39, 0.29) is 87.3 Å². The minimum atomic E-state index is -3.05. The van der Waals surface area contributed by atoms with Gasteiger partial charge in [0.15, 0.2) is 17.5 Å². The van der Waals surface area contributed by atoms with Gasteiger partial charge in [-0.1, -0.05) is 0 Å². The maximum absolute atomic E-state index is 14.5. The molecule has 0 radical (unpaired) electrons. The molecule has 2 N–H and O–H groups in total. The molecular formula is C82H100F6N20O9S3. The minimum absolute atomic E-state index is 0.0248. The van der Waals surface area contributed by atoms with Crippen molar-refractivity contribution in [3.05, 3.63) is 140 Å². The molecule has 0 atom stereocenters. The number of nitrogens with one attached hydrogen (secondary N) is 2. The Balaban J connectivity index is 0.000000134. The summed E-state index contributed by atoms with van der Waals surface area (Å²) in [7, 11) is -0.635. The molecule has 3 fully saturated rings. The molecule has 9 aliphatic heterocycles. The van der Waals surface area contributed by atoms with Crippen molar-refractivity contribution < 1.29 is 66.0 Å². The van der Waals surface area contributed by atoms with E-state index in [1.54, 1.807) is 120 Å². The monoisotopic (exact) mass is 1720 g/mol. The first-order valence-corrected chi connectivity index (χ1v) is 46.6. The zero-order valence-corrected chi connectivity index (χ0v) is 70.7. The Labute approximate surface area is 692 Å². The molecule has 0 bridgehead atoms. The molecule has 5 amide bonds. The molecule has 642 valence electrons. The summed E-state index contributed by atoms with van der Waals surface area (Å²) in [6.07, 6.45) is 9.70. The molecule has 120 heavy (non-hydrogen) atoms. The van der Waals surface area contributed by atoms with E-state index in [0.29, 0.717) is 185 Å². The maximum Gasteiger partial charge on any atom is 0.317 e. The number of fused-ring (bicyclic) bond motifs is 6. The van der Waals surface area contributed by atoms with Gasteiger partial charge in [-0.3, -0.25) is 32.9 Å². The molecule has 38 heteroatoms. The highest BCUT2D eigenvalue weighted by molar-refractivity contribution is 7.91. The van der Waals surface area contributed by atoms with E-state index in [4.69, 9.17) is 15.3 Å². The van der Waals surface area contributed by atoms with Crippen LogP contribution in [0.2, 0.25) is 0 Å². The van der Waals surface area contributed by atoms with Crippen molar-refractivity contribution >= 4 is 82.0 Å². The first-order valence-electron chi connectivity index (χ1n) is 41.1. The number of anilines is 6. The number of carbonyl (C=O) groups is 3. The van der Waals surface area contributed by atoms with E-state index >= 15 is 0 Å². The zero-order valence-electron chi connectivity index (χ0n) is 68.2. The fourth-order valence-electron chi connectivity index (χ4n) is 18.9. The number of alkyl halides is 6. The topological polar surface area (TPSA) is 304 Å². The molecule has 6 aromatic heterocycles. The van der Waals surface area contributed by atoms with Crippen LogP contribution < -0.4 is 25.3 Å². The van der Waals surface area contributed by atoms with Crippen LogP contribution in [0.25, 0.3) is 33.4 Å². The highest BCUT2D eigenvalue weighted by atomic mass is 32.2. The molecule has 0 aliphatic carbocycles. The lowest BCUT2D eigenvalue weighted by atomic mass is 9.92. The summed E-state index contributed by atoms with van der Waals surface area (Å²) in [5.74, 6) is 2.70. The number of carbonyl (C=O) groups excluding carboxylic acids is 3. The molecule has 3 aromatic carbocycles. The van der Waals surface area contributed by atoms with Gasteiger partial charge in [0.05, 0.1) is 90.9 Å². The number of benzene rings is 3. The predicted molar refractivity (Wildman–Crippen MR) is 441 cm³/mol. The third kappa shape index (κ3) is 16.4. The van der Waals surface area contributed by atoms with Crippen molar-refractivity contribution in [1.29, 1.82) is 0 Å². The van der Waals surface area contributed by atoms with E-state index in [0.717, 1.165) is 94.7 Å². The standard InChI is InChI=1S/C28H35F2N7O3S.C27H33F2N7O3S.C27H32F2N6O3S/c1-17-22(15-32-34(17)3)20-13-18-5-4-9-36(25(18)14-21(20)26(29)30)27-23-16-35(28(38)31-2)10-6-24(23)37(33-27)19-7-11-41(39,40)12-8-19;1-30-27(37)34-9-5-23-22(16-34)26(32-36(23)19-6-10-40(38,39)11-7-19)35-8-3-4-17-12-20(18-14-31-33(2)15-18)21(25(28)29)13-24(17)35;1-17(36)33-9-5-24-23(16-33)27(31-35(24)20-6-10-39(37,38)11-7-20)34-8-3-4-18-12-21(19-14-30-32(2)15-19)22(26(28)29)13-25(18)34/h13-15,19,26H,4-12,16H2,1-3H3,(H,31,38);12-15,19,25H,3-11,16H2,1-2H3,(H,30,37);12-15,20,26H,3-11,16H2,1-2H3. The number of nitrogens with zero attached hydrogens (tertiary/aromatic N) is 18. The highest BCUT2D eigenvalue weighted by Gasteiger charge is 2.41. The average molecular weight is 1720 g/mol. The smallest absolute Gasteiger partial charge is 0.317 e. The number of halogens is 6. The van der Waals surface area contributed by atoms with E-state index in [9.17, 15) is 66.0 Å². The minimum Gasteiger partial charge on any atom is -0.341 e. The van der Waals surface area contributed by atoms with Gasteiger partial charge in [0.1, 0.15) is 29.5 Å². The normalized spacial score (nSPS) is 19.1. The quantitative estimate of drug-likeness (QED) is 0.107. The Morgan fingerprint density at radius 1 is 0.425 bits per heavy atom. The van der Waals surface area contributed by atoms with Gasteiger partial charge in [-0.25, -0.2) is 61.2 Å². The van der Waals surface area contributed by atoms with Crippen LogP contribution in [0, 0.1) is 6.92 Å². The molecule has 15 heterocycles. The van der Waals surface area contributed by atoms with Crippen LogP contribution >= 0.6 is 0 Å². The summed E-state index contributed by atoms with van der Waals surface area (Å²) >= 11 is 0. The van der Waals surface area contributed by atoms with E-state index in [1.165, 1.54) is 0 Å². The number of rotatable bonds is 12. The van der Waals surface area contributed by atoms with Crippen LogP contribution in [0.3, 0.4) is 0 Å². The Morgan fingerprint density at radius 2 is 0.750 bits per heavy atom. The molecule has 3 saturated heterocycles. The van der Waals surface area contributed by atoms with Crippen molar-refractivity contribution in [2.75, 3.05) is 103 Å². The van der Waals surface area contributed by atoms with Crippen LogP contribution in [0.1, 0.15) is 175 Å². The molecule has 18 rings (SSSR count). The number of aryl methyl sites for hydroxylation is 6. The van der Waals surface area contributed by atoms with Crippen molar-refractivity contribution in [2.45, 2.75) is 167 Å². The molecule has 0 spiro atoms. The third-order valence-corrected chi connectivity index (χ3v) is 30.5. The fraction of sp³-hybridized carbons (Fsp3) is 0.524. The average Bonchev–Trinajstić information content (AvgIpc) is 1.62. The van der Waals surface area contributed by atoms with Gasteiger partial charge in [-0.15, -0.1) is 0 Å². The van der Waals surface area contributed by atoms with E-state index < -0.39 is 48.8 Å². The third-order valence-electron chi connectivity index (χ3n) is 25.4. The van der Waals surface area contributed by atoms with Gasteiger partial charge in [-0.2, -0.15) is 30.6 Å². The zero-order chi connectivity index (χ0) is 84.7. The lowest BCUT2D eigenvalue weighted by Crippen LogP contribution is -2.42. The highest BCUT2D eigenvalue weighted by Crippen LogP contribution is 2.49. The second kappa shape index (κ2) is 33.3. The molecule has 0 unspecified atom stereocenters. The summed E-state index contributed by atoms with van der Waals surface area (Å²) in [6.45, 7) is 7.92. The molecular weight excluding hydrogens is 1620 g/mol. The van der Waals surface area contributed by atoms with Gasteiger partial charge in [0, 0.05) is 203 Å². The predicted octanol–water partition coefficient (Wildman–Crippen LogP) is 11.8. The lowest BCUT2D eigenvalue weighted by molar-refractivity contribution is -0.129. The first kappa shape index (κ1) is 83.4. The molecule has 9 aromatic rings. The summed E-state index contributed by atoms with van der Waals surface area (Å²) < 4.78 is 170. The largest absolute Gasteiger partial charge is 0.341 e. The second-order valence-corrected chi connectivity index (χ2v) is 39.7. The van der Waals surface area contributed by atoms with Gasteiger partial charge < -0.3 is 40.0 Å². The van der Waals surface area contributed by atoms with Gasteiger partial charge in [0.25, 0.3) is 19.3 Å². The van der Waals surface area contributed by atoms with Crippen LogP contribution in [0.5, 0.6) is 0 Å². The first-order chi connectivity index (χ1) is 57.3. The molecule has 29 nitrogen and oxygen atoms in total. The number of urea groups is 2. The molecule has 9 aliphatic rings. The van der Waals surface area contributed by atoms with Crippen molar-refractivity contribution in [3.63, 3.8) is 0 Å². The summed E-state index contributed by atoms with van der Waals surface area (Å²) in [5.41, 5.74) is 14.8. The fourth-order valence-corrected chi connectivity index (χ4v) is 23.3. The Bertz CT molecular complexity index is 5790. The van der Waals surface area contributed by atoms with E-state index in [1.807, 2.05) is 53.9 Å². The van der Waals surface area contributed by atoms with Crippen LogP contribution in [0.4, 0.5) is 70.4 Å². The summed E-state index contributed by atoms with van der Waals surface area (Å²) in [6, 6.07) is 9.80. The summed E-state index contributed by atoms with van der Waals surface area (Å²) in [4.78, 5) is 48.7. The summed E-state index contributed by atoms with van der Waals surface area (Å²) in [5, 5.41) is 33.2. The van der Waals surface area contributed by atoms with Gasteiger partial charge in [-0.05, 0) is 154 Å². The lowest BCUT2D eigenvalue weighted by Gasteiger charge is -2.33. The number of hydrogen-bond donors (Lipinski definition) is 2. The maximum atomic E-state index is 14.5.